The van der Waals surface area contributed by atoms with Crippen molar-refractivity contribution < 1.29 is 18.0 Å². The molecular formula is C14H10BrCl2F3N4O. The lowest BCUT2D eigenvalue weighted by Gasteiger charge is -2.09. The van der Waals surface area contributed by atoms with Crippen LogP contribution in [0.2, 0.25) is 10.0 Å². The molecule has 1 aliphatic rings. The van der Waals surface area contributed by atoms with Crippen LogP contribution in [0.5, 0.6) is 0 Å². The summed E-state index contributed by atoms with van der Waals surface area (Å²) < 4.78 is 40.1. The van der Waals surface area contributed by atoms with E-state index < -0.39 is 17.8 Å². The Morgan fingerprint density at radius 2 is 2.08 bits per heavy atom. The molecule has 2 aromatic heterocycles. The van der Waals surface area contributed by atoms with Gasteiger partial charge >= 0.3 is 6.18 Å². The number of pyridine rings is 1. The van der Waals surface area contributed by atoms with Crippen LogP contribution >= 0.6 is 39.1 Å². The topological polar surface area (TPSA) is 59.8 Å². The molecule has 0 aliphatic heterocycles. The predicted octanol–water partition coefficient (Wildman–Crippen LogP) is 4.88. The lowest BCUT2D eigenvalue weighted by atomic mass is 10.2. The van der Waals surface area contributed by atoms with E-state index in [-0.39, 0.29) is 27.8 Å². The maximum absolute atomic E-state index is 13.1. The van der Waals surface area contributed by atoms with Crippen molar-refractivity contribution in [3.8, 4) is 0 Å². The summed E-state index contributed by atoms with van der Waals surface area (Å²) in [5.74, 6) is -0.559. The van der Waals surface area contributed by atoms with E-state index in [0.29, 0.717) is 10.7 Å². The molecule has 1 fully saturated rings. The monoisotopic (exact) mass is 456 g/mol. The molecule has 2 heterocycles. The molecule has 0 unspecified atom stereocenters. The summed E-state index contributed by atoms with van der Waals surface area (Å²) in [6.45, 7) is -0.388. The van der Waals surface area contributed by atoms with Crippen molar-refractivity contribution in [1.82, 2.24) is 14.8 Å². The van der Waals surface area contributed by atoms with Crippen LogP contribution < -0.4 is 5.32 Å². The number of nitrogens with zero attached hydrogens (tertiary/aromatic N) is 3. The molecular weight excluding hydrogens is 448 g/mol. The average Bonchev–Trinajstić information content (AvgIpc) is 3.26. The molecule has 0 atom stereocenters. The lowest BCUT2D eigenvalue weighted by molar-refractivity contribution is -0.142. The maximum Gasteiger partial charge on any atom is 0.436 e. The van der Waals surface area contributed by atoms with E-state index in [2.05, 4.69) is 31.3 Å². The number of rotatable bonds is 4. The molecule has 0 saturated heterocycles. The SMILES string of the molecule is O=C(Cn1nc(C(F)(F)F)c(Br)c1C1CC1)Nc1ncc(Cl)cc1Cl. The van der Waals surface area contributed by atoms with Crippen LogP contribution in [0.4, 0.5) is 19.0 Å². The molecule has 0 aromatic carbocycles. The quantitative estimate of drug-likeness (QED) is 0.711. The Hall–Kier alpha value is -1.32. The molecule has 0 bridgehead atoms. The highest BCUT2D eigenvalue weighted by atomic mass is 79.9. The molecule has 1 saturated carbocycles. The van der Waals surface area contributed by atoms with Gasteiger partial charge in [-0.1, -0.05) is 23.2 Å². The summed E-state index contributed by atoms with van der Waals surface area (Å²) in [6.07, 6.45) is -1.79. The van der Waals surface area contributed by atoms with Gasteiger partial charge in [0.2, 0.25) is 5.91 Å². The van der Waals surface area contributed by atoms with Crippen LogP contribution in [0.15, 0.2) is 16.7 Å². The van der Waals surface area contributed by atoms with Crippen LogP contribution in [0, 0.1) is 0 Å². The largest absolute Gasteiger partial charge is 0.436 e. The van der Waals surface area contributed by atoms with Gasteiger partial charge in [-0.25, -0.2) is 4.98 Å². The Bertz CT molecular complexity index is 836. The van der Waals surface area contributed by atoms with Gasteiger partial charge in [0.1, 0.15) is 6.54 Å². The first-order valence-corrected chi connectivity index (χ1v) is 8.66. The minimum atomic E-state index is -4.61. The minimum Gasteiger partial charge on any atom is -0.308 e. The van der Waals surface area contributed by atoms with Crippen LogP contribution in [-0.4, -0.2) is 20.7 Å². The zero-order valence-electron chi connectivity index (χ0n) is 12.4. The number of carbonyl (C=O) groups excluding carboxylic acids is 1. The van der Waals surface area contributed by atoms with Gasteiger partial charge in [-0.2, -0.15) is 18.3 Å². The standard InChI is InChI=1S/C14H10BrCl2F3N4O/c15-10-11(6-1-2-6)24(23-12(10)14(18,19)20)5-9(25)22-13-8(17)3-7(16)4-21-13/h3-4,6H,1-2,5H2,(H,21,22,25). The molecule has 3 rings (SSSR count). The summed E-state index contributed by atoms with van der Waals surface area (Å²) >= 11 is 14.6. The van der Waals surface area contributed by atoms with Crippen molar-refractivity contribution >= 4 is 50.9 Å². The number of anilines is 1. The van der Waals surface area contributed by atoms with Gasteiger partial charge in [0.15, 0.2) is 11.5 Å². The summed E-state index contributed by atoms with van der Waals surface area (Å²) in [5, 5.41) is 6.43. The Morgan fingerprint density at radius 3 is 2.64 bits per heavy atom. The highest BCUT2D eigenvalue weighted by Crippen LogP contribution is 2.46. The van der Waals surface area contributed by atoms with Gasteiger partial charge < -0.3 is 5.32 Å². The van der Waals surface area contributed by atoms with E-state index in [1.54, 1.807) is 0 Å². The summed E-state index contributed by atoms with van der Waals surface area (Å²) in [4.78, 5) is 16.1. The third-order valence-electron chi connectivity index (χ3n) is 3.52. The van der Waals surface area contributed by atoms with E-state index in [1.807, 2.05) is 0 Å². The second-order valence-electron chi connectivity index (χ2n) is 5.51. The van der Waals surface area contributed by atoms with E-state index in [4.69, 9.17) is 23.2 Å². The highest BCUT2D eigenvalue weighted by Gasteiger charge is 2.41. The van der Waals surface area contributed by atoms with Crippen LogP contribution in [0.3, 0.4) is 0 Å². The molecule has 11 heteroatoms. The van der Waals surface area contributed by atoms with E-state index in [0.717, 1.165) is 17.5 Å². The van der Waals surface area contributed by atoms with Crippen LogP contribution in [-0.2, 0) is 17.5 Å². The van der Waals surface area contributed by atoms with Gasteiger partial charge in [-0.05, 0) is 34.8 Å². The van der Waals surface area contributed by atoms with Gasteiger partial charge in [-0.3, -0.25) is 9.48 Å². The molecule has 0 radical (unpaired) electrons. The molecule has 134 valence electrons. The lowest BCUT2D eigenvalue weighted by Crippen LogP contribution is -2.22. The highest BCUT2D eigenvalue weighted by molar-refractivity contribution is 9.10. The van der Waals surface area contributed by atoms with Crippen molar-refractivity contribution in [2.45, 2.75) is 31.5 Å². The Balaban J connectivity index is 1.83. The van der Waals surface area contributed by atoms with Crippen molar-refractivity contribution in [2.75, 3.05) is 5.32 Å². The normalized spacial score (nSPS) is 14.6. The third kappa shape index (κ3) is 4.09. The van der Waals surface area contributed by atoms with E-state index >= 15 is 0 Å². The number of hydrogen-bond acceptors (Lipinski definition) is 3. The molecule has 1 amide bonds. The van der Waals surface area contributed by atoms with Crippen LogP contribution in [0.1, 0.15) is 30.1 Å². The van der Waals surface area contributed by atoms with Gasteiger partial charge in [0.05, 0.1) is 20.2 Å². The Morgan fingerprint density at radius 1 is 1.40 bits per heavy atom. The molecule has 1 aliphatic carbocycles. The van der Waals surface area contributed by atoms with Gasteiger partial charge in [0.25, 0.3) is 0 Å². The predicted molar refractivity (Wildman–Crippen MR) is 89.8 cm³/mol. The first-order valence-electron chi connectivity index (χ1n) is 7.11. The first kappa shape index (κ1) is 18.5. The van der Waals surface area contributed by atoms with Gasteiger partial charge in [0, 0.05) is 12.1 Å². The summed E-state index contributed by atoms with van der Waals surface area (Å²) in [6, 6.07) is 1.40. The minimum absolute atomic E-state index is 0.0389. The van der Waals surface area contributed by atoms with Crippen molar-refractivity contribution in [3.63, 3.8) is 0 Å². The van der Waals surface area contributed by atoms with E-state index in [1.165, 1.54) is 12.3 Å². The maximum atomic E-state index is 13.1. The zero-order chi connectivity index (χ0) is 18.4. The Kier molecular flexibility index (Phi) is 5.00. The van der Waals surface area contributed by atoms with E-state index in [9.17, 15) is 18.0 Å². The number of halogens is 6. The number of alkyl halides is 3. The number of aromatic nitrogens is 3. The number of nitrogens with one attached hydrogen (secondary N) is 1. The van der Waals surface area contributed by atoms with Gasteiger partial charge in [-0.15, -0.1) is 0 Å². The number of amides is 1. The summed E-state index contributed by atoms with van der Waals surface area (Å²) in [7, 11) is 0. The van der Waals surface area contributed by atoms with Crippen molar-refractivity contribution in [3.05, 3.63) is 38.2 Å². The fourth-order valence-corrected chi connectivity index (χ4v) is 3.58. The average molecular weight is 458 g/mol. The molecule has 2 aromatic rings. The zero-order valence-corrected chi connectivity index (χ0v) is 15.5. The molecule has 0 spiro atoms. The van der Waals surface area contributed by atoms with Crippen molar-refractivity contribution in [1.29, 1.82) is 0 Å². The fraction of sp³-hybridized carbons (Fsp3) is 0.357. The van der Waals surface area contributed by atoms with Crippen molar-refractivity contribution in [2.24, 2.45) is 0 Å². The second-order valence-corrected chi connectivity index (χ2v) is 7.15. The Labute approximate surface area is 158 Å². The third-order valence-corrected chi connectivity index (χ3v) is 4.80. The fourth-order valence-electron chi connectivity index (χ4n) is 2.32. The van der Waals surface area contributed by atoms with Crippen LogP contribution in [0.25, 0.3) is 0 Å². The smallest absolute Gasteiger partial charge is 0.308 e. The summed E-state index contributed by atoms with van der Waals surface area (Å²) in [5.41, 5.74) is -0.664. The second kappa shape index (κ2) is 6.77. The molecule has 25 heavy (non-hydrogen) atoms. The molecule has 5 nitrogen and oxygen atoms in total. The number of hydrogen-bond donors (Lipinski definition) is 1. The number of carbonyl (C=O) groups is 1. The first-order chi connectivity index (χ1) is 11.7. The molecule has 1 N–H and O–H groups in total.